The fourth-order valence-corrected chi connectivity index (χ4v) is 1.45. The van der Waals surface area contributed by atoms with Crippen LogP contribution in [0.25, 0.3) is 0 Å². The molecule has 2 amide bonds. The van der Waals surface area contributed by atoms with Crippen LogP contribution in [0.4, 0.5) is 4.79 Å². The molecule has 0 radical (unpaired) electrons. The van der Waals surface area contributed by atoms with E-state index >= 15 is 0 Å². The average Bonchev–Trinajstić information content (AvgIpc) is 2.29. The summed E-state index contributed by atoms with van der Waals surface area (Å²) in [5, 5.41) is 14.1. The third kappa shape index (κ3) is 8.54. The molecule has 0 spiro atoms. The Balaban J connectivity index is 3.83. The van der Waals surface area contributed by atoms with Crippen LogP contribution in [0.5, 0.6) is 0 Å². The van der Waals surface area contributed by atoms with Gasteiger partial charge in [0.2, 0.25) is 0 Å². The van der Waals surface area contributed by atoms with Gasteiger partial charge in [0.1, 0.15) is 6.04 Å². The highest BCUT2D eigenvalue weighted by Gasteiger charge is 2.18. The number of rotatable bonds is 9. The highest BCUT2D eigenvalue weighted by molar-refractivity contribution is 5.82. The monoisotopic (exact) mass is 244 g/mol. The number of urea groups is 1. The van der Waals surface area contributed by atoms with E-state index in [4.69, 9.17) is 5.11 Å². The lowest BCUT2D eigenvalue weighted by molar-refractivity contribution is -0.139. The van der Waals surface area contributed by atoms with Crippen molar-refractivity contribution in [2.24, 2.45) is 0 Å². The van der Waals surface area contributed by atoms with Gasteiger partial charge in [0.05, 0.1) is 0 Å². The highest BCUT2D eigenvalue weighted by atomic mass is 16.4. The molecule has 5 nitrogen and oxygen atoms in total. The molecule has 17 heavy (non-hydrogen) atoms. The van der Waals surface area contributed by atoms with Gasteiger partial charge in [-0.2, -0.15) is 0 Å². The number of carbonyl (C=O) groups excluding carboxylic acids is 1. The van der Waals surface area contributed by atoms with E-state index in [0.29, 0.717) is 13.0 Å². The molecule has 0 fully saturated rings. The largest absolute Gasteiger partial charge is 0.480 e. The molecular formula is C12H24N2O3. The van der Waals surface area contributed by atoms with E-state index in [1.165, 1.54) is 0 Å². The quantitative estimate of drug-likeness (QED) is 0.544. The molecule has 0 aliphatic rings. The molecule has 0 aliphatic heterocycles. The third-order valence-electron chi connectivity index (χ3n) is 2.52. The average molecular weight is 244 g/mol. The lowest BCUT2D eigenvalue weighted by Gasteiger charge is -2.14. The van der Waals surface area contributed by atoms with Gasteiger partial charge in [-0.15, -0.1) is 0 Å². The third-order valence-corrected chi connectivity index (χ3v) is 2.52. The number of carboxylic acids is 1. The number of hydrogen-bond acceptors (Lipinski definition) is 2. The van der Waals surface area contributed by atoms with E-state index < -0.39 is 12.0 Å². The molecule has 0 aromatic carbocycles. The Morgan fingerprint density at radius 2 is 1.76 bits per heavy atom. The molecule has 0 rings (SSSR count). The topological polar surface area (TPSA) is 78.4 Å². The summed E-state index contributed by atoms with van der Waals surface area (Å²) in [5.74, 6) is -0.970. The first-order chi connectivity index (χ1) is 8.11. The van der Waals surface area contributed by atoms with Gasteiger partial charge in [-0.05, 0) is 12.8 Å². The minimum absolute atomic E-state index is 0.385. The lowest BCUT2D eigenvalue weighted by atomic mass is 10.1. The molecular weight excluding hydrogens is 220 g/mol. The first kappa shape index (κ1) is 15.7. The fraction of sp³-hybridized carbons (Fsp3) is 0.833. The second-order valence-corrected chi connectivity index (χ2v) is 4.14. The van der Waals surface area contributed by atoms with Crippen molar-refractivity contribution in [1.29, 1.82) is 0 Å². The Hall–Kier alpha value is -1.26. The van der Waals surface area contributed by atoms with Gasteiger partial charge in [0, 0.05) is 6.54 Å². The number of amides is 2. The van der Waals surface area contributed by atoms with E-state index in [9.17, 15) is 9.59 Å². The molecule has 0 bridgehead atoms. The zero-order valence-corrected chi connectivity index (χ0v) is 10.8. The summed E-state index contributed by atoms with van der Waals surface area (Å²) in [6.45, 7) is 4.68. The first-order valence-corrected chi connectivity index (χ1v) is 6.39. The first-order valence-electron chi connectivity index (χ1n) is 6.39. The summed E-state index contributed by atoms with van der Waals surface area (Å²) in [6, 6.07) is -1.16. The summed E-state index contributed by atoms with van der Waals surface area (Å²) in [6.07, 6.45) is 5.29. The van der Waals surface area contributed by atoms with Crippen molar-refractivity contribution in [2.45, 2.75) is 58.4 Å². The normalized spacial score (nSPS) is 11.9. The molecule has 0 aromatic rings. The number of nitrogens with one attached hydrogen (secondary N) is 2. The summed E-state index contributed by atoms with van der Waals surface area (Å²) in [5.41, 5.74) is 0. The summed E-state index contributed by atoms with van der Waals surface area (Å²) in [7, 11) is 0. The van der Waals surface area contributed by atoms with Crippen molar-refractivity contribution in [1.82, 2.24) is 10.6 Å². The Morgan fingerprint density at radius 1 is 1.12 bits per heavy atom. The van der Waals surface area contributed by atoms with E-state index in [0.717, 1.165) is 32.1 Å². The number of carbonyl (C=O) groups is 2. The predicted octanol–water partition coefficient (Wildman–Crippen LogP) is 2.12. The molecule has 100 valence electrons. The maximum absolute atomic E-state index is 11.4. The predicted molar refractivity (Wildman–Crippen MR) is 67.0 cm³/mol. The van der Waals surface area contributed by atoms with Gasteiger partial charge in [-0.1, -0.05) is 39.5 Å². The molecule has 0 aromatic heterocycles. The SMILES string of the molecule is CCCCCNC(=O)NC(CCCC)C(=O)O. The minimum atomic E-state index is -0.970. The smallest absolute Gasteiger partial charge is 0.326 e. The molecule has 1 atom stereocenters. The summed E-state index contributed by atoms with van der Waals surface area (Å²) < 4.78 is 0. The van der Waals surface area contributed by atoms with Gasteiger partial charge in [-0.25, -0.2) is 9.59 Å². The van der Waals surface area contributed by atoms with Gasteiger partial charge in [0.15, 0.2) is 0 Å². The maximum Gasteiger partial charge on any atom is 0.326 e. The van der Waals surface area contributed by atoms with E-state index in [1.807, 2.05) is 6.92 Å². The Labute approximate surface area is 103 Å². The fourth-order valence-electron chi connectivity index (χ4n) is 1.45. The maximum atomic E-state index is 11.4. The van der Waals surface area contributed by atoms with Crippen molar-refractivity contribution < 1.29 is 14.7 Å². The number of hydrogen-bond donors (Lipinski definition) is 3. The highest BCUT2D eigenvalue weighted by Crippen LogP contribution is 2.00. The molecule has 5 heteroatoms. The second kappa shape index (κ2) is 9.93. The molecule has 0 aliphatic carbocycles. The van der Waals surface area contributed by atoms with Crippen LogP contribution in [-0.4, -0.2) is 29.7 Å². The van der Waals surface area contributed by atoms with Crippen molar-refractivity contribution in [3.05, 3.63) is 0 Å². The summed E-state index contributed by atoms with van der Waals surface area (Å²) in [4.78, 5) is 22.3. The summed E-state index contributed by atoms with van der Waals surface area (Å²) >= 11 is 0. The second-order valence-electron chi connectivity index (χ2n) is 4.14. The van der Waals surface area contributed by atoms with E-state index in [1.54, 1.807) is 0 Å². The van der Waals surface area contributed by atoms with Crippen molar-refractivity contribution >= 4 is 12.0 Å². The van der Waals surface area contributed by atoms with Crippen LogP contribution in [-0.2, 0) is 4.79 Å². The van der Waals surface area contributed by atoms with Gasteiger partial charge in [-0.3, -0.25) is 0 Å². The number of unbranched alkanes of at least 4 members (excludes halogenated alkanes) is 3. The van der Waals surface area contributed by atoms with Crippen LogP contribution in [0.2, 0.25) is 0 Å². The molecule has 3 N–H and O–H groups in total. The Bertz CT molecular complexity index is 232. The zero-order chi connectivity index (χ0) is 13.1. The van der Waals surface area contributed by atoms with Crippen molar-refractivity contribution in [3.8, 4) is 0 Å². The molecule has 0 heterocycles. The standard InChI is InChI=1S/C12H24N2O3/c1-3-5-7-9-13-12(17)14-10(11(15)16)8-6-4-2/h10H,3-9H2,1-2H3,(H,15,16)(H2,13,14,17). The Morgan fingerprint density at radius 3 is 2.29 bits per heavy atom. The van der Waals surface area contributed by atoms with Crippen LogP contribution in [0.3, 0.4) is 0 Å². The van der Waals surface area contributed by atoms with Crippen molar-refractivity contribution in [2.75, 3.05) is 6.54 Å². The molecule has 1 unspecified atom stereocenters. The molecule has 0 saturated carbocycles. The van der Waals surface area contributed by atoms with Crippen LogP contribution >= 0.6 is 0 Å². The van der Waals surface area contributed by atoms with Crippen LogP contribution in [0.1, 0.15) is 52.4 Å². The van der Waals surface area contributed by atoms with Gasteiger partial charge < -0.3 is 15.7 Å². The molecule has 0 saturated heterocycles. The van der Waals surface area contributed by atoms with Crippen LogP contribution in [0.15, 0.2) is 0 Å². The lowest BCUT2D eigenvalue weighted by Crippen LogP contribution is -2.46. The van der Waals surface area contributed by atoms with Crippen molar-refractivity contribution in [3.63, 3.8) is 0 Å². The minimum Gasteiger partial charge on any atom is -0.480 e. The van der Waals surface area contributed by atoms with E-state index in [-0.39, 0.29) is 6.03 Å². The van der Waals surface area contributed by atoms with E-state index in [2.05, 4.69) is 17.6 Å². The number of aliphatic carboxylic acids is 1. The van der Waals surface area contributed by atoms with Gasteiger partial charge in [0.25, 0.3) is 0 Å². The van der Waals surface area contributed by atoms with Gasteiger partial charge >= 0.3 is 12.0 Å². The van der Waals surface area contributed by atoms with Crippen LogP contribution < -0.4 is 10.6 Å². The van der Waals surface area contributed by atoms with Crippen LogP contribution in [0, 0.1) is 0 Å². The Kier molecular flexibility index (Phi) is 9.19. The number of carboxylic acid groups (broad SMARTS) is 1. The zero-order valence-electron chi connectivity index (χ0n) is 10.8.